The fourth-order valence-corrected chi connectivity index (χ4v) is 3.98. The molecule has 0 aromatic heterocycles. The van der Waals surface area contributed by atoms with Gasteiger partial charge >= 0.3 is 0 Å². The van der Waals surface area contributed by atoms with Gasteiger partial charge in [0.25, 0.3) is 0 Å². The second-order valence-corrected chi connectivity index (χ2v) is 8.17. The largest absolute Gasteiger partial charge is 0.497 e. The lowest BCUT2D eigenvalue weighted by molar-refractivity contribution is -0.0847. The van der Waals surface area contributed by atoms with E-state index in [1.54, 1.807) is 7.11 Å². The molecule has 4 heteroatoms. The van der Waals surface area contributed by atoms with Crippen molar-refractivity contribution >= 4 is 0 Å². The minimum atomic E-state index is -0.776. The fraction of sp³-hybridized carbons (Fsp3) is 0.520. The molecule has 2 atom stereocenters. The van der Waals surface area contributed by atoms with E-state index >= 15 is 0 Å². The zero-order chi connectivity index (χ0) is 21.1. The number of benzene rings is 2. The van der Waals surface area contributed by atoms with Crippen LogP contribution in [0.25, 0.3) is 0 Å². The third kappa shape index (κ3) is 7.14. The molecule has 0 aliphatic carbocycles. The first-order chi connectivity index (χ1) is 14.0. The van der Waals surface area contributed by atoms with E-state index < -0.39 is 5.60 Å². The number of hydrogen-bond acceptors (Lipinski definition) is 4. The van der Waals surface area contributed by atoms with Crippen LogP contribution in [0, 0.1) is 5.92 Å². The van der Waals surface area contributed by atoms with Crippen LogP contribution in [0.2, 0.25) is 0 Å². The normalized spacial score (nSPS) is 22.1. The molecule has 1 N–H and O–H groups in total. The molecule has 1 saturated heterocycles. The summed E-state index contributed by atoms with van der Waals surface area (Å²) in [6.07, 6.45) is 3.23. The first-order valence-electron chi connectivity index (χ1n) is 10.7. The van der Waals surface area contributed by atoms with Crippen molar-refractivity contribution in [2.24, 2.45) is 5.92 Å². The number of rotatable bonds is 7. The summed E-state index contributed by atoms with van der Waals surface area (Å²) in [5.41, 5.74) is 0.209. The molecule has 0 bridgehead atoms. The van der Waals surface area contributed by atoms with Gasteiger partial charge in [0.15, 0.2) is 0 Å². The molecular weight excluding hydrogens is 360 g/mol. The highest BCUT2D eigenvalue weighted by Gasteiger charge is 2.42. The van der Waals surface area contributed by atoms with E-state index in [0.29, 0.717) is 0 Å². The summed E-state index contributed by atoms with van der Waals surface area (Å²) in [5.74, 6) is 1.02. The van der Waals surface area contributed by atoms with E-state index in [1.807, 2.05) is 60.7 Å². The second kappa shape index (κ2) is 12.0. The Labute approximate surface area is 177 Å². The van der Waals surface area contributed by atoms with Gasteiger partial charge < -0.3 is 19.6 Å². The van der Waals surface area contributed by atoms with E-state index in [2.05, 4.69) is 30.8 Å². The highest BCUT2D eigenvalue weighted by Crippen LogP contribution is 2.39. The molecule has 0 saturated carbocycles. The highest BCUT2D eigenvalue weighted by molar-refractivity contribution is 5.33. The van der Waals surface area contributed by atoms with Crippen molar-refractivity contribution in [3.8, 4) is 5.75 Å². The number of hydrogen-bond donors (Lipinski definition) is 1. The number of likely N-dealkylation sites (tertiary alicyclic amines) is 1. The predicted octanol–water partition coefficient (Wildman–Crippen LogP) is 4.25. The van der Waals surface area contributed by atoms with E-state index in [-0.39, 0.29) is 5.92 Å². The van der Waals surface area contributed by atoms with Crippen molar-refractivity contribution < 1.29 is 9.84 Å². The Morgan fingerprint density at radius 3 is 2.31 bits per heavy atom. The third-order valence-electron chi connectivity index (χ3n) is 5.61. The minimum Gasteiger partial charge on any atom is -0.497 e. The monoisotopic (exact) mass is 398 g/mol. The van der Waals surface area contributed by atoms with Crippen LogP contribution < -0.4 is 4.74 Å². The van der Waals surface area contributed by atoms with Gasteiger partial charge in [0, 0.05) is 25.6 Å². The molecule has 1 heterocycles. The standard InChI is InChI=1S/C19H32N2O2.C6H6/c1-5-6-11-21-12-10-19(22,17(15-21)14-20(2)3)16-8-7-9-18(13-16)23-4;1-2-4-6-5-3-1/h7-9,13,17,22H,5-6,10-12,14-15H2,1-4H3;1-6H. The number of aliphatic hydroxyl groups is 1. The molecule has 1 aliphatic heterocycles. The molecule has 0 spiro atoms. The summed E-state index contributed by atoms with van der Waals surface area (Å²) in [6.45, 7) is 6.16. The van der Waals surface area contributed by atoms with E-state index in [0.717, 1.165) is 43.9 Å². The van der Waals surface area contributed by atoms with Crippen LogP contribution in [0.3, 0.4) is 0 Å². The van der Waals surface area contributed by atoms with Crippen LogP contribution in [0.5, 0.6) is 5.75 Å². The Hall–Kier alpha value is -1.88. The van der Waals surface area contributed by atoms with Crippen LogP contribution in [-0.4, -0.2) is 62.3 Å². The van der Waals surface area contributed by atoms with Gasteiger partial charge in [-0.25, -0.2) is 0 Å². The van der Waals surface area contributed by atoms with Crippen LogP contribution in [-0.2, 0) is 5.60 Å². The summed E-state index contributed by atoms with van der Waals surface area (Å²) in [6, 6.07) is 19.9. The maximum absolute atomic E-state index is 11.5. The summed E-state index contributed by atoms with van der Waals surface area (Å²) < 4.78 is 5.35. The average Bonchev–Trinajstić information content (AvgIpc) is 2.75. The van der Waals surface area contributed by atoms with Crippen molar-refractivity contribution in [2.75, 3.05) is 47.4 Å². The SMILES string of the molecule is CCCCN1CCC(O)(c2cccc(OC)c2)C(CN(C)C)C1.c1ccccc1. The quantitative estimate of drug-likeness (QED) is 0.756. The number of nitrogens with zero attached hydrogens (tertiary/aromatic N) is 2. The summed E-state index contributed by atoms with van der Waals surface area (Å²) >= 11 is 0. The summed E-state index contributed by atoms with van der Waals surface area (Å²) in [7, 11) is 5.84. The summed E-state index contributed by atoms with van der Waals surface area (Å²) in [5, 5.41) is 11.5. The van der Waals surface area contributed by atoms with Crippen molar-refractivity contribution in [1.82, 2.24) is 9.80 Å². The number of methoxy groups -OCH3 is 1. The Morgan fingerprint density at radius 2 is 1.76 bits per heavy atom. The molecular formula is C25H38N2O2. The first kappa shape index (κ1) is 23.4. The molecule has 4 nitrogen and oxygen atoms in total. The minimum absolute atomic E-state index is 0.204. The third-order valence-corrected chi connectivity index (χ3v) is 5.61. The van der Waals surface area contributed by atoms with Crippen molar-refractivity contribution in [3.05, 3.63) is 66.2 Å². The van der Waals surface area contributed by atoms with Gasteiger partial charge in [-0.2, -0.15) is 0 Å². The smallest absolute Gasteiger partial charge is 0.119 e. The fourth-order valence-electron chi connectivity index (χ4n) is 3.98. The van der Waals surface area contributed by atoms with Crippen molar-refractivity contribution in [3.63, 3.8) is 0 Å². The lowest BCUT2D eigenvalue weighted by Gasteiger charge is -2.46. The molecule has 2 aromatic carbocycles. The van der Waals surface area contributed by atoms with Gasteiger partial charge in [0.05, 0.1) is 12.7 Å². The van der Waals surface area contributed by atoms with Gasteiger partial charge in [0.1, 0.15) is 5.75 Å². The maximum atomic E-state index is 11.5. The lowest BCUT2D eigenvalue weighted by Crippen LogP contribution is -2.53. The Kier molecular flexibility index (Phi) is 9.65. The van der Waals surface area contributed by atoms with Gasteiger partial charge in [-0.05, 0) is 51.2 Å². The zero-order valence-corrected chi connectivity index (χ0v) is 18.6. The Balaban J connectivity index is 0.000000426. The van der Waals surface area contributed by atoms with Crippen molar-refractivity contribution in [2.45, 2.75) is 31.8 Å². The molecule has 29 heavy (non-hydrogen) atoms. The Bertz CT molecular complexity index is 666. The molecule has 1 fully saturated rings. The van der Waals surface area contributed by atoms with E-state index in [4.69, 9.17) is 4.74 Å². The molecule has 160 valence electrons. The lowest BCUT2D eigenvalue weighted by atomic mass is 9.75. The number of piperidine rings is 1. The van der Waals surface area contributed by atoms with Gasteiger partial charge in [-0.15, -0.1) is 0 Å². The van der Waals surface area contributed by atoms with Crippen LogP contribution >= 0.6 is 0 Å². The molecule has 0 amide bonds. The van der Waals surface area contributed by atoms with Crippen LogP contribution in [0.4, 0.5) is 0 Å². The number of ether oxygens (including phenoxy) is 1. The van der Waals surface area contributed by atoms with Gasteiger partial charge in [-0.3, -0.25) is 0 Å². The van der Waals surface area contributed by atoms with E-state index in [1.165, 1.54) is 12.8 Å². The molecule has 2 unspecified atom stereocenters. The predicted molar refractivity (Wildman–Crippen MR) is 121 cm³/mol. The van der Waals surface area contributed by atoms with E-state index in [9.17, 15) is 5.11 Å². The van der Waals surface area contributed by atoms with Crippen molar-refractivity contribution in [1.29, 1.82) is 0 Å². The molecule has 1 aliphatic rings. The highest BCUT2D eigenvalue weighted by atomic mass is 16.5. The van der Waals surface area contributed by atoms with Gasteiger partial charge in [-0.1, -0.05) is 61.9 Å². The average molecular weight is 399 g/mol. The Morgan fingerprint density at radius 1 is 1.10 bits per heavy atom. The zero-order valence-electron chi connectivity index (χ0n) is 18.6. The number of unbranched alkanes of at least 4 members (excludes halogenated alkanes) is 1. The maximum Gasteiger partial charge on any atom is 0.119 e. The molecule has 0 radical (unpaired) electrons. The van der Waals surface area contributed by atoms with Crippen LogP contribution in [0.1, 0.15) is 31.7 Å². The van der Waals surface area contributed by atoms with Crippen LogP contribution in [0.15, 0.2) is 60.7 Å². The molecule has 3 rings (SSSR count). The van der Waals surface area contributed by atoms with Gasteiger partial charge in [0.2, 0.25) is 0 Å². The summed E-state index contributed by atoms with van der Waals surface area (Å²) in [4.78, 5) is 4.69. The first-order valence-corrected chi connectivity index (χ1v) is 10.7. The second-order valence-electron chi connectivity index (χ2n) is 8.17. The topological polar surface area (TPSA) is 35.9 Å². The molecule has 2 aromatic rings.